The van der Waals surface area contributed by atoms with Gasteiger partial charge in [0.15, 0.2) is 11.5 Å². The van der Waals surface area contributed by atoms with Crippen LogP contribution in [0.25, 0.3) is 0 Å². The molecule has 1 N–H and O–H groups in total. The van der Waals surface area contributed by atoms with Crippen molar-refractivity contribution in [2.45, 2.75) is 25.1 Å². The van der Waals surface area contributed by atoms with Gasteiger partial charge in [0, 0.05) is 24.2 Å². The number of carbonyl (C=O) groups is 2. The van der Waals surface area contributed by atoms with Gasteiger partial charge in [0.1, 0.15) is 24.0 Å². The molecule has 7 nitrogen and oxygen atoms in total. The Bertz CT molecular complexity index is 1010. The fraction of sp³-hybridized carbons (Fsp3) is 0.333. The smallest absolute Gasteiger partial charge is 0.484 e. The second kappa shape index (κ2) is 8.90. The topological polar surface area (TPSA) is 87.0 Å². The van der Waals surface area contributed by atoms with Crippen LogP contribution < -0.4 is 14.8 Å². The molecule has 0 radical (unpaired) electrons. The van der Waals surface area contributed by atoms with E-state index in [1.54, 1.807) is 0 Å². The van der Waals surface area contributed by atoms with Crippen LogP contribution in [0.3, 0.4) is 0 Å². The number of esters is 2. The highest BCUT2D eigenvalue weighted by molar-refractivity contribution is 6.30. The standard InChI is InChI=1S/C18H12ClF6NO6/c19-8-1-2-12(13(3-8)30-10-5-26-6-10)29-7-9-4-11(14(31-9)17(20,21)22)15(27)32-16(28)18(23,24)25/h1-4,10,26H,5-7H2. The lowest BCUT2D eigenvalue weighted by atomic mass is 10.2. The molecule has 1 fully saturated rings. The number of hydrogen-bond acceptors (Lipinski definition) is 7. The molecule has 1 aliphatic rings. The zero-order valence-electron chi connectivity index (χ0n) is 15.6. The summed E-state index contributed by atoms with van der Waals surface area (Å²) in [5, 5.41) is 3.27. The molecular formula is C18H12ClF6NO6. The summed E-state index contributed by atoms with van der Waals surface area (Å²) in [7, 11) is 0. The van der Waals surface area contributed by atoms with E-state index in [1.807, 2.05) is 0 Å². The summed E-state index contributed by atoms with van der Waals surface area (Å²) in [6.07, 6.45) is -11.0. The van der Waals surface area contributed by atoms with E-state index >= 15 is 0 Å². The van der Waals surface area contributed by atoms with Crippen molar-refractivity contribution < 1.29 is 54.6 Å². The summed E-state index contributed by atoms with van der Waals surface area (Å²) >= 11 is 5.91. The van der Waals surface area contributed by atoms with E-state index in [9.17, 15) is 35.9 Å². The van der Waals surface area contributed by atoms with Crippen molar-refractivity contribution >= 4 is 23.5 Å². The second-order valence-electron chi connectivity index (χ2n) is 6.41. The van der Waals surface area contributed by atoms with Crippen molar-refractivity contribution in [3.8, 4) is 11.5 Å². The van der Waals surface area contributed by atoms with Crippen LogP contribution in [0.2, 0.25) is 5.02 Å². The average molecular weight is 488 g/mol. The molecule has 2 aromatic rings. The molecule has 14 heteroatoms. The summed E-state index contributed by atoms with van der Waals surface area (Å²) in [6.45, 7) is 0.451. The first-order valence-corrected chi connectivity index (χ1v) is 9.05. The van der Waals surface area contributed by atoms with Crippen LogP contribution >= 0.6 is 11.6 Å². The van der Waals surface area contributed by atoms with Gasteiger partial charge < -0.3 is 23.9 Å². The minimum absolute atomic E-state index is 0.0858. The van der Waals surface area contributed by atoms with Gasteiger partial charge in [-0.25, -0.2) is 9.59 Å². The van der Waals surface area contributed by atoms with Crippen LogP contribution in [0.5, 0.6) is 11.5 Å². The van der Waals surface area contributed by atoms with Crippen molar-refractivity contribution in [1.82, 2.24) is 5.32 Å². The lowest BCUT2D eigenvalue weighted by Gasteiger charge is -2.28. The second-order valence-corrected chi connectivity index (χ2v) is 6.84. The molecule has 1 aromatic carbocycles. The van der Waals surface area contributed by atoms with Crippen LogP contribution in [0.1, 0.15) is 21.9 Å². The van der Waals surface area contributed by atoms with Gasteiger partial charge in [-0.3, -0.25) is 0 Å². The van der Waals surface area contributed by atoms with Gasteiger partial charge in [-0.2, -0.15) is 26.3 Å². The van der Waals surface area contributed by atoms with Gasteiger partial charge in [0.25, 0.3) is 0 Å². The third kappa shape index (κ3) is 5.65. The van der Waals surface area contributed by atoms with Crippen LogP contribution in [-0.4, -0.2) is 37.3 Å². The van der Waals surface area contributed by atoms with Crippen LogP contribution in [0, 0.1) is 0 Å². The summed E-state index contributed by atoms with van der Waals surface area (Å²) in [5.74, 6) is -7.38. The van der Waals surface area contributed by atoms with E-state index < -0.39 is 48.0 Å². The number of hydrogen-bond donors (Lipinski definition) is 1. The minimum atomic E-state index is -5.58. The molecule has 174 valence electrons. The van der Waals surface area contributed by atoms with Gasteiger partial charge in [-0.1, -0.05) is 11.6 Å². The minimum Gasteiger partial charge on any atom is -0.484 e. The summed E-state index contributed by atoms with van der Waals surface area (Å²) < 4.78 is 95.3. The summed E-state index contributed by atoms with van der Waals surface area (Å²) in [6, 6.07) is 4.71. The molecular weight excluding hydrogens is 476 g/mol. The molecule has 1 aliphatic heterocycles. The molecule has 0 saturated carbocycles. The van der Waals surface area contributed by atoms with Crippen LogP contribution in [0.4, 0.5) is 26.3 Å². The van der Waals surface area contributed by atoms with Crippen LogP contribution in [-0.2, 0) is 22.3 Å². The first-order valence-electron chi connectivity index (χ1n) is 8.67. The Labute approximate surface area is 180 Å². The Balaban J connectivity index is 1.79. The van der Waals surface area contributed by atoms with Crippen LogP contribution in [0.15, 0.2) is 28.7 Å². The maximum absolute atomic E-state index is 13.2. The highest BCUT2D eigenvalue weighted by Crippen LogP contribution is 2.36. The van der Waals surface area contributed by atoms with Gasteiger partial charge >= 0.3 is 24.3 Å². The lowest BCUT2D eigenvalue weighted by molar-refractivity contribution is -0.193. The summed E-state index contributed by atoms with van der Waals surface area (Å²) in [5.41, 5.74) is -1.41. The monoisotopic (exact) mass is 487 g/mol. The first-order chi connectivity index (χ1) is 14.8. The molecule has 0 aliphatic carbocycles. The van der Waals surface area contributed by atoms with Crippen molar-refractivity contribution in [2.24, 2.45) is 0 Å². The largest absolute Gasteiger partial charge is 0.491 e. The third-order valence-electron chi connectivity index (χ3n) is 3.99. The lowest BCUT2D eigenvalue weighted by Crippen LogP contribution is -2.50. The Hall–Kier alpha value is -2.93. The first kappa shape index (κ1) is 23.7. The van der Waals surface area contributed by atoms with E-state index in [2.05, 4.69) is 14.5 Å². The van der Waals surface area contributed by atoms with E-state index in [0.29, 0.717) is 24.2 Å². The molecule has 32 heavy (non-hydrogen) atoms. The van der Waals surface area contributed by atoms with E-state index in [0.717, 1.165) is 0 Å². The third-order valence-corrected chi connectivity index (χ3v) is 4.23. The predicted molar refractivity (Wildman–Crippen MR) is 93.3 cm³/mol. The molecule has 0 atom stereocenters. The summed E-state index contributed by atoms with van der Waals surface area (Å²) in [4.78, 5) is 22.5. The molecule has 1 saturated heterocycles. The van der Waals surface area contributed by atoms with Crippen molar-refractivity contribution in [3.63, 3.8) is 0 Å². The highest BCUT2D eigenvalue weighted by Gasteiger charge is 2.45. The quantitative estimate of drug-likeness (QED) is 0.372. The molecule has 1 aromatic heterocycles. The van der Waals surface area contributed by atoms with Gasteiger partial charge in [0.2, 0.25) is 5.76 Å². The number of furan rings is 1. The van der Waals surface area contributed by atoms with Gasteiger partial charge in [0.05, 0.1) is 0 Å². The maximum Gasteiger partial charge on any atom is 0.491 e. The van der Waals surface area contributed by atoms with Crippen molar-refractivity contribution in [1.29, 1.82) is 0 Å². The van der Waals surface area contributed by atoms with E-state index in [4.69, 9.17) is 21.1 Å². The molecule has 3 rings (SSSR count). The molecule has 0 unspecified atom stereocenters. The average Bonchev–Trinajstić information content (AvgIpc) is 3.08. The van der Waals surface area contributed by atoms with E-state index in [-0.39, 0.29) is 17.6 Å². The van der Waals surface area contributed by atoms with Crippen molar-refractivity contribution in [3.05, 3.63) is 46.4 Å². The van der Waals surface area contributed by atoms with E-state index in [1.165, 1.54) is 18.2 Å². The fourth-order valence-electron chi connectivity index (χ4n) is 2.44. The highest BCUT2D eigenvalue weighted by atomic mass is 35.5. The van der Waals surface area contributed by atoms with Crippen molar-refractivity contribution in [2.75, 3.05) is 13.1 Å². The Kier molecular flexibility index (Phi) is 6.60. The zero-order chi connectivity index (χ0) is 23.7. The Morgan fingerprint density at radius 2 is 1.78 bits per heavy atom. The number of benzene rings is 1. The number of halogens is 7. The number of alkyl halides is 6. The molecule has 0 bridgehead atoms. The normalized spacial score (nSPS) is 14.6. The molecule has 0 amide bonds. The number of carbonyl (C=O) groups excluding carboxylic acids is 2. The maximum atomic E-state index is 13.2. The Morgan fingerprint density at radius 3 is 2.34 bits per heavy atom. The molecule has 0 spiro atoms. The number of rotatable bonds is 6. The van der Waals surface area contributed by atoms with Gasteiger partial charge in [-0.05, 0) is 18.2 Å². The number of ether oxygens (including phenoxy) is 3. The number of nitrogens with one attached hydrogen (secondary N) is 1. The predicted octanol–water partition coefficient (Wildman–Crippen LogP) is 4.13. The zero-order valence-corrected chi connectivity index (χ0v) is 16.4. The SMILES string of the molecule is O=C(OC(=O)C(F)(F)F)c1cc(COc2ccc(Cl)cc2OC2CNC2)oc1C(F)(F)F. The fourth-order valence-corrected chi connectivity index (χ4v) is 2.60. The Morgan fingerprint density at radius 1 is 1.09 bits per heavy atom. The molecule has 2 heterocycles. The van der Waals surface area contributed by atoms with Gasteiger partial charge in [-0.15, -0.1) is 0 Å².